The van der Waals surface area contributed by atoms with Crippen molar-refractivity contribution in [3.63, 3.8) is 0 Å². The van der Waals surface area contributed by atoms with Crippen LogP contribution in [0, 0.1) is 5.92 Å². The molecule has 0 amide bonds. The molecule has 0 aliphatic heterocycles. The molecule has 0 aliphatic carbocycles. The number of rotatable bonds is 8. The number of ether oxygens (including phenoxy) is 1. The Bertz CT molecular complexity index is 338. The average molecular weight is 249 g/mol. The largest absolute Gasteiger partial charge is 0.493 e. The van der Waals surface area contributed by atoms with Crippen LogP contribution >= 0.6 is 0 Å². The molecule has 0 aliphatic rings. The van der Waals surface area contributed by atoms with Crippen LogP contribution < -0.4 is 10.1 Å². The van der Waals surface area contributed by atoms with E-state index in [2.05, 4.69) is 44.3 Å². The van der Waals surface area contributed by atoms with E-state index in [0.29, 0.717) is 12.0 Å². The maximum absolute atomic E-state index is 5.86. The summed E-state index contributed by atoms with van der Waals surface area (Å²) in [5.41, 5.74) is 1.29. The zero-order valence-electron chi connectivity index (χ0n) is 12.2. The van der Waals surface area contributed by atoms with Gasteiger partial charge in [0.15, 0.2) is 0 Å². The van der Waals surface area contributed by atoms with E-state index in [1.165, 1.54) is 18.4 Å². The first kappa shape index (κ1) is 15.0. The van der Waals surface area contributed by atoms with Crippen LogP contribution in [0.3, 0.4) is 0 Å². The van der Waals surface area contributed by atoms with Crippen molar-refractivity contribution in [2.75, 3.05) is 13.7 Å². The summed E-state index contributed by atoms with van der Waals surface area (Å²) in [4.78, 5) is 0. The van der Waals surface area contributed by atoms with Crippen LogP contribution in [0.4, 0.5) is 0 Å². The normalized spacial score (nSPS) is 14.2. The molecule has 18 heavy (non-hydrogen) atoms. The smallest absolute Gasteiger partial charge is 0.124 e. The highest BCUT2D eigenvalue weighted by atomic mass is 16.5. The topological polar surface area (TPSA) is 21.3 Å². The van der Waals surface area contributed by atoms with E-state index < -0.39 is 0 Å². The van der Waals surface area contributed by atoms with Gasteiger partial charge in [0, 0.05) is 11.6 Å². The van der Waals surface area contributed by atoms with Gasteiger partial charge in [-0.05, 0) is 31.9 Å². The van der Waals surface area contributed by atoms with Gasteiger partial charge in [0.2, 0.25) is 0 Å². The van der Waals surface area contributed by atoms with Crippen molar-refractivity contribution < 1.29 is 4.74 Å². The number of benzene rings is 1. The van der Waals surface area contributed by atoms with Crippen molar-refractivity contribution >= 4 is 0 Å². The molecular weight excluding hydrogens is 222 g/mol. The van der Waals surface area contributed by atoms with Crippen molar-refractivity contribution in [3.05, 3.63) is 29.8 Å². The average Bonchev–Trinajstić information content (AvgIpc) is 2.39. The van der Waals surface area contributed by atoms with Crippen LogP contribution in [0.25, 0.3) is 0 Å². The van der Waals surface area contributed by atoms with E-state index in [4.69, 9.17) is 4.74 Å². The predicted molar refractivity (Wildman–Crippen MR) is 78.1 cm³/mol. The standard InChI is InChI=1S/C16H27NO/c1-5-9-13(3)16(17-4)14-10-7-8-11-15(14)18-12-6-2/h7-8,10-11,13,16-17H,5-6,9,12H2,1-4H3. The minimum absolute atomic E-state index is 0.373. The summed E-state index contributed by atoms with van der Waals surface area (Å²) in [6.45, 7) is 7.47. The van der Waals surface area contributed by atoms with Gasteiger partial charge in [-0.15, -0.1) is 0 Å². The molecule has 1 aromatic carbocycles. The highest BCUT2D eigenvalue weighted by Gasteiger charge is 2.20. The molecule has 2 heteroatoms. The fraction of sp³-hybridized carbons (Fsp3) is 0.625. The predicted octanol–water partition coefficient (Wildman–Crippen LogP) is 4.17. The summed E-state index contributed by atoms with van der Waals surface area (Å²) >= 11 is 0. The second-order valence-electron chi connectivity index (χ2n) is 4.92. The van der Waals surface area contributed by atoms with E-state index in [1.54, 1.807) is 0 Å². The number of nitrogens with one attached hydrogen (secondary N) is 1. The van der Waals surface area contributed by atoms with E-state index in [9.17, 15) is 0 Å². The van der Waals surface area contributed by atoms with Gasteiger partial charge in [0.1, 0.15) is 5.75 Å². The monoisotopic (exact) mass is 249 g/mol. The van der Waals surface area contributed by atoms with E-state index >= 15 is 0 Å². The van der Waals surface area contributed by atoms with Gasteiger partial charge in [0.05, 0.1) is 6.61 Å². The van der Waals surface area contributed by atoms with Gasteiger partial charge >= 0.3 is 0 Å². The lowest BCUT2D eigenvalue weighted by atomic mass is 9.90. The molecule has 0 fully saturated rings. The summed E-state index contributed by atoms with van der Waals surface area (Å²) in [5.74, 6) is 1.65. The molecule has 0 radical (unpaired) electrons. The third-order valence-electron chi connectivity index (χ3n) is 3.34. The van der Waals surface area contributed by atoms with Gasteiger partial charge in [-0.3, -0.25) is 0 Å². The molecule has 1 N–H and O–H groups in total. The molecule has 0 bridgehead atoms. The third kappa shape index (κ3) is 4.02. The number of hydrogen-bond acceptors (Lipinski definition) is 2. The Balaban J connectivity index is 2.89. The molecule has 1 rings (SSSR count). The minimum Gasteiger partial charge on any atom is -0.493 e. The van der Waals surface area contributed by atoms with Gasteiger partial charge < -0.3 is 10.1 Å². The molecule has 102 valence electrons. The Morgan fingerprint density at radius 3 is 2.50 bits per heavy atom. The van der Waals surface area contributed by atoms with Crippen LogP contribution in [0.2, 0.25) is 0 Å². The molecule has 0 saturated heterocycles. The van der Waals surface area contributed by atoms with Crippen molar-refractivity contribution in [1.82, 2.24) is 5.32 Å². The Morgan fingerprint density at radius 1 is 1.17 bits per heavy atom. The molecule has 0 heterocycles. The Hall–Kier alpha value is -1.02. The Morgan fingerprint density at radius 2 is 1.89 bits per heavy atom. The number of hydrogen-bond donors (Lipinski definition) is 1. The SMILES string of the molecule is CCCOc1ccccc1C(NC)C(C)CCC. The van der Waals surface area contributed by atoms with E-state index in [-0.39, 0.29) is 0 Å². The lowest BCUT2D eigenvalue weighted by molar-refractivity contribution is 0.301. The first-order chi connectivity index (χ1) is 8.74. The van der Waals surface area contributed by atoms with Gasteiger partial charge in [-0.1, -0.05) is 45.4 Å². The second kappa shape index (κ2) is 8.15. The summed E-state index contributed by atoms with van der Waals surface area (Å²) in [6, 6.07) is 8.77. The van der Waals surface area contributed by atoms with Crippen molar-refractivity contribution in [2.45, 2.75) is 46.1 Å². The molecule has 2 atom stereocenters. The van der Waals surface area contributed by atoms with E-state index in [1.807, 2.05) is 13.1 Å². The summed E-state index contributed by atoms with van der Waals surface area (Å²) in [7, 11) is 2.04. The Kier molecular flexibility index (Phi) is 6.81. The highest BCUT2D eigenvalue weighted by molar-refractivity contribution is 5.36. The van der Waals surface area contributed by atoms with Gasteiger partial charge in [-0.25, -0.2) is 0 Å². The fourth-order valence-corrected chi connectivity index (χ4v) is 2.45. The molecule has 1 aromatic rings. The molecule has 2 nitrogen and oxygen atoms in total. The second-order valence-corrected chi connectivity index (χ2v) is 4.92. The third-order valence-corrected chi connectivity index (χ3v) is 3.34. The summed E-state index contributed by atoms with van der Waals surface area (Å²) in [6.07, 6.45) is 3.49. The molecule has 2 unspecified atom stereocenters. The molecular formula is C16H27NO. The molecule has 0 spiro atoms. The van der Waals surface area contributed by atoms with Gasteiger partial charge in [0.25, 0.3) is 0 Å². The lowest BCUT2D eigenvalue weighted by Crippen LogP contribution is -2.24. The van der Waals surface area contributed by atoms with Crippen LogP contribution in [0.1, 0.15) is 51.6 Å². The van der Waals surface area contributed by atoms with Crippen molar-refractivity contribution in [1.29, 1.82) is 0 Å². The summed E-state index contributed by atoms with van der Waals surface area (Å²) in [5, 5.41) is 3.44. The summed E-state index contributed by atoms with van der Waals surface area (Å²) < 4.78 is 5.86. The first-order valence-corrected chi connectivity index (χ1v) is 7.13. The molecule has 0 saturated carbocycles. The lowest BCUT2D eigenvalue weighted by Gasteiger charge is -2.25. The quantitative estimate of drug-likeness (QED) is 0.746. The maximum atomic E-state index is 5.86. The maximum Gasteiger partial charge on any atom is 0.124 e. The van der Waals surface area contributed by atoms with Crippen LogP contribution in [-0.4, -0.2) is 13.7 Å². The van der Waals surface area contributed by atoms with Crippen LogP contribution in [-0.2, 0) is 0 Å². The van der Waals surface area contributed by atoms with Crippen LogP contribution in [0.15, 0.2) is 24.3 Å². The van der Waals surface area contributed by atoms with Gasteiger partial charge in [-0.2, -0.15) is 0 Å². The Labute approximate surface area is 112 Å². The highest BCUT2D eigenvalue weighted by Crippen LogP contribution is 2.31. The first-order valence-electron chi connectivity index (χ1n) is 7.13. The molecule has 0 aromatic heterocycles. The van der Waals surface area contributed by atoms with Crippen LogP contribution in [0.5, 0.6) is 5.75 Å². The van der Waals surface area contributed by atoms with Crippen molar-refractivity contribution in [2.24, 2.45) is 5.92 Å². The fourth-order valence-electron chi connectivity index (χ4n) is 2.45. The zero-order valence-corrected chi connectivity index (χ0v) is 12.2. The van der Waals surface area contributed by atoms with E-state index in [0.717, 1.165) is 18.8 Å². The zero-order chi connectivity index (χ0) is 13.4. The number of para-hydroxylation sites is 1. The minimum atomic E-state index is 0.373. The van der Waals surface area contributed by atoms with Crippen molar-refractivity contribution in [3.8, 4) is 5.75 Å².